The maximum Gasteiger partial charge on any atom is 0.184 e. The van der Waals surface area contributed by atoms with Crippen molar-refractivity contribution in [1.29, 1.82) is 0 Å². The van der Waals surface area contributed by atoms with Crippen LogP contribution in [0.2, 0.25) is 0 Å². The molecule has 0 aliphatic heterocycles. The molecule has 5 heteroatoms. The van der Waals surface area contributed by atoms with Crippen LogP contribution in [0.1, 0.15) is 25.1 Å². The van der Waals surface area contributed by atoms with E-state index in [1.807, 2.05) is 4.57 Å². The summed E-state index contributed by atoms with van der Waals surface area (Å²) < 4.78 is 29.3. The summed E-state index contributed by atoms with van der Waals surface area (Å²) in [5.74, 6) is 0.110. The molecule has 1 saturated carbocycles. The molecule has 0 N–H and O–H groups in total. The van der Waals surface area contributed by atoms with Crippen molar-refractivity contribution in [3.63, 3.8) is 0 Å². The second-order valence-electron chi connectivity index (χ2n) is 5.10. The van der Waals surface area contributed by atoms with Crippen molar-refractivity contribution < 1.29 is 8.78 Å². The summed E-state index contributed by atoms with van der Waals surface area (Å²) in [5, 5.41) is 0. The molecule has 2 nitrogen and oxygen atoms in total. The van der Waals surface area contributed by atoms with Gasteiger partial charge < -0.3 is 4.57 Å². The van der Waals surface area contributed by atoms with Gasteiger partial charge in [0, 0.05) is 18.8 Å². The van der Waals surface area contributed by atoms with Crippen molar-refractivity contribution in [2.75, 3.05) is 5.88 Å². The molecule has 0 unspecified atom stereocenters. The summed E-state index contributed by atoms with van der Waals surface area (Å²) >= 11 is 5.77. The Morgan fingerprint density at radius 2 is 2.11 bits per heavy atom. The molecule has 1 heterocycles. The first-order valence-corrected chi connectivity index (χ1v) is 7.13. The Labute approximate surface area is 115 Å². The van der Waals surface area contributed by atoms with Gasteiger partial charge in [0.2, 0.25) is 0 Å². The van der Waals surface area contributed by atoms with E-state index in [0.29, 0.717) is 30.3 Å². The van der Waals surface area contributed by atoms with Crippen molar-refractivity contribution in [2.24, 2.45) is 5.92 Å². The number of hydrogen-bond acceptors (Lipinski definition) is 1. The van der Waals surface area contributed by atoms with Gasteiger partial charge in [0.15, 0.2) is 11.6 Å². The third-order valence-corrected chi connectivity index (χ3v) is 4.05. The van der Waals surface area contributed by atoms with Crippen molar-refractivity contribution >= 4 is 22.6 Å². The molecule has 1 aromatic heterocycles. The van der Waals surface area contributed by atoms with Crippen molar-refractivity contribution in [2.45, 2.75) is 32.2 Å². The number of hydrogen-bond donors (Lipinski definition) is 0. The lowest BCUT2D eigenvalue weighted by Gasteiger charge is -2.26. The van der Waals surface area contributed by atoms with Crippen LogP contribution in [-0.4, -0.2) is 15.4 Å². The van der Waals surface area contributed by atoms with Crippen LogP contribution in [0, 0.1) is 17.6 Å². The molecule has 0 radical (unpaired) electrons. The summed E-state index contributed by atoms with van der Waals surface area (Å²) in [4.78, 5) is 4.39. The van der Waals surface area contributed by atoms with Crippen LogP contribution in [0.15, 0.2) is 12.1 Å². The number of halogens is 3. The van der Waals surface area contributed by atoms with E-state index >= 15 is 0 Å². The van der Waals surface area contributed by atoms with E-state index in [9.17, 15) is 8.78 Å². The van der Waals surface area contributed by atoms with Crippen LogP contribution >= 0.6 is 11.6 Å². The Kier molecular flexibility index (Phi) is 3.44. The second-order valence-corrected chi connectivity index (χ2v) is 5.48. The number of alkyl halides is 1. The van der Waals surface area contributed by atoms with E-state index in [1.54, 1.807) is 0 Å². The van der Waals surface area contributed by atoms with Crippen LogP contribution in [0.25, 0.3) is 11.0 Å². The molecule has 1 fully saturated rings. The lowest BCUT2D eigenvalue weighted by molar-refractivity contribution is 0.276. The number of aryl methyl sites for hydroxylation is 1. The van der Waals surface area contributed by atoms with Gasteiger partial charge in [-0.2, -0.15) is 0 Å². The predicted molar refractivity (Wildman–Crippen MR) is 71.4 cm³/mol. The average molecular weight is 285 g/mol. The fourth-order valence-corrected chi connectivity index (χ4v) is 2.78. The van der Waals surface area contributed by atoms with Gasteiger partial charge in [-0.25, -0.2) is 13.8 Å². The van der Waals surface area contributed by atoms with Gasteiger partial charge in [0.25, 0.3) is 0 Å². The van der Waals surface area contributed by atoms with Crippen molar-refractivity contribution in [1.82, 2.24) is 9.55 Å². The fraction of sp³-hybridized carbons (Fsp3) is 0.500. The predicted octanol–water partition coefficient (Wildman–Crippen LogP) is 3.90. The van der Waals surface area contributed by atoms with E-state index in [1.165, 1.54) is 12.5 Å². The highest BCUT2D eigenvalue weighted by atomic mass is 35.5. The van der Waals surface area contributed by atoms with E-state index in [0.717, 1.165) is 24.7 Å². The van der Waals surface area contributed by atoms with E-state index in [4.69, 9.17) is 11.6 Å². The zero-order valence-corrected chi connectivity index (χ0v) is 11.3. The summed E-state index contributed by atoms with van der Waals surface area (Å²) in [6.45, 7) is 0.711. The third-order valence-electron chi connectivity index (χ3n) is 3.86. The summed E-state index contributed by atoms with van der Waals surface area (Å²) in [5.41, 5.74) is 0.797. The SMILES string of the molecule is Fc1ccc2nc(CCCl)n(CC3CCC3)c2c1F. The van der Waals surface area contributed by atoms with E-state index in [-0.39, 0.29) is 5.52 Å². The monoisotopic (exact) mass is 284 g/mol. The number of aromatic nitrogens is 2. The molecule has 1 aromatic carbocycles. The Bertz CT molecular complexity index is 605. The number of fused-ring (bicyclic) bond motifs is 1. The first-order valence-electron chi connectivity index (χ1n) is 6.59. The molecule has 1 aliphatic carbocycles. The standard InChI is InChI=1S/C14H15ClF2N2/c15-7-6-12-18-11-5-4-10(16)13(17)14(11)19(12)8-9-2-1-3-9/h4-5,9H,1-3,6-8H2. The molecule has 0 atom stereocenters. The normalized spacial score (nSPS) is 15.9. The van der Waals surface area contributed by atoms with Gasteiger partial charge in [0.1, 0.15) is 11.3 Å². The van der Waals surface area contributed by atoms with Gasteiger partial charge in [-0.15, -0.1) is 11.6 Å². The van der Waals surface area contributed by atoms with E-state index in [2.05, 4.69) is 4.98 Å². The van der Waals surface area contributed by atoms with Crippen LogP contribution < -0.4 is 0 Å². The highest BCUT2D eigenvalue weighted by Crippen LogP contribution is 2.31. The van der Waals surface area contributed by atoms with Crippen LogP contribution in [0.3, 0.4) is 0 Å². The molecule has 0 bridgehead atoms. The topological polar surface area (TPSA) is 17.8 Å². The Morgan fingerprint density at radius 3 is 2.74 bits per heavy atom. The zero-order chi connectivity index (χ0) is 13.4. The Morgan fingerprint density at radius 1 is 1.32 bits per heavy atom. The third kappa shape index (κ3) is 2.22. The maximum atomic E-state index is 14.0. The van der Waals surface area contributed by atoms with Crippen molar-refractivity contribution in [3.8, 4) is 0 Å². The second kappa shape index (κ2) is 5.08. The largest absolute Gasteiger partial charge is 0.325 e. The first-order chi connectivity index (χ1) is 9.20. The molecular formula is C14H15ClF2N2. The van der Waals surface area contributed by atoms with Crippen LogP contribution in [0.4, 0.5) is 8.78 Å². The van der Waals surface area contributed by atoms with E-state index < -0.39 is 11.6 Å². The molecule has 1 aliphatic rings. The molecule has 0 amide bonds. The highest BCUT2D eigenvalue weighted by Gasteiger charge is 2.23. The Hall–Kier alpha value is -1.16. The van der Waals surface area contributed by atoms with Crippen LogP contribution in [-0.2, 0) is 13.0 Å². The lowest BCUT2D eigenvalue weighted by Crippen LogP contribution is -2.20. The average Bonchev–Trinajstić information content (AvgIpc) is 2.68. The van der Waals surface area contributed by atoms with Crippen LogP contribution in [0.5, 0.6) is 0 Å². The molecule has 0 saturated heterocycles. The summed E-state index contributed by atoms with van der Waals surface area (Å²) in [6.07, 6.45) is 4.09. The maximum absolute atomic E-state index is 14.0. The minimum atomic E-state index is -0.820. The van der Waals surface area contributed by atoms with Gasteiger partial charge in [-0.3, -0.25) is 0 Å². The molecule has 3 rings (SSSR count). The molecular weight excluding hydrogens is 270 g/mol. The number of benzene rings is 1. The summed E-state index contributed by atoms with van der Waals surface area (Å²) in [6, 6.07) is 2.66. The molecule has 2 aromatic rings. The molecule has 102 valence electrons. The molecule has 0 spiro atoms. The number of rotatable bonds is 4. The quantitative estimate of drug-likeness (QED) is 0.779. The van der Waals surface area contributed by atoms with Gasteiger partial charge in [-0.1, -0.05) is 6.42 Å². The smallest absolute Gasteiger partial charge is 0.184 e. The highest BCUT2D eigenvalue weighted by molar-refractivity contribution is 6.17. The number of imidazole rings is 1. The minimum Gasteiger partial charge on any atom is -0.325 e. The number of nitrogens with zero attached hydrogens (tertiary/aromatic N) is 2. The van der Waals surface area contributed by atoms with Crippen molar-refractivity contribution in [3.05, 3.63) is 29.6 Å². The molecule has 19 heavy (non-hydrogen) atoms. The summed E-state index contributed by atoms with van der Waals surface area (Å²) in [7, 11) is 0. The Balaban J connectivity index is 2.11. The van der Waals surface area contributed by atoms with Gasteiger partial charge in [-0.05, 0) is 30.9 Å². The van der Waals surface area contributed by atoms with Gasteiger partial charge in [0.05, 0.1) is 5.52 Å². The fourth-order valence-electron chi connectivity index (χ4n) is 2.61. The zero-order valence-electron chi connectivity index (χ0n) is 10.5. The minimum absolute atomic E-state index is 0.284. The first kappa shape index (κ1) is 12.9. The lowest BCUT2D eigenvalue weighted by atomic mass is 9.85. The van der Waals surface area contributed by atoms with Gasteiger partial charge >= 0.3 is 0 Å².